The zero-order valence-electron chi connectivity index (χ0n) is 30.6. The van der Waals surface area contributed by atoms with Crippen LogP contribution >= 0.6 is 0 Å². The molecule has 270 valence electrons. The number of anilines is 3. The molecule has 1 saturated heterocycles. The summed E-state index contributed by atoms with van der Waals surface area (Å²) in [5, 5.41) is 16.0. The van der Waals surface area contributed by atoms with Gasteiger partial charge in [-0.3, -0.25) is 4.79 Å². The molecule has 4 rings (SSSR count). The maximum absolute atomic E-state index is 12.2. The van der Waals surface area contributed by atoms with Crippen LogP contribution in [0, 0.1) is 0 Å². The van der Waals surface area contributed by atoms with Crippen LogP contribution in [-0.2, 0) is 22.6 Å². The molecule has 0 aliphatic carbocycles. The van der Waals surface area contributed by atoms with Crippen molar-refractivity contribution in [2.75, 3.05) is 54.9 Å². The predicted molar refractivity (Wildman–Crippen MR) is 199 cm³/mol. The second kappa shape index (κ2) is 24.4. The number of ether oxygens (including phenoxy) is 1. The van der Waals surface area contributed by atoms with E-state index in [0.717, 1.165) is 24.9 Å². The molecule has 0 saturated carbocycles. The van der Waals surface area contributed by atoms with Crippen molar-refractivity contribution in [1.29, 1.82) is 0 Å². The highest BCUT2D eigenvalue weighted by molar-refractivity contribution is 5.85. The van der Waals surface area contributed by atoms with E-state index < -0.39 is 12.0 Å². The van der Waals surface area contributed by atoms with Gasteiger partial charge in [-0.05, 0) is 63.9 Å². The zero-order chi connectivity index (χ0) is 36.6. The summed E-state index contributed by atoms with van der Waals surface area (Å²) in [5.41, 5.74) is 2.47. The van der Waals surface area contributed by atoms with Crippen molar-refractivity contribution < 1.29 is 24.2 Å². The molecule has 1 aliphatic heterocycles. The molecule has 0 radical (unpaired) electrons. The number of carboxylic acid groups (broad SMARTS) is 1. The van der Waals surface area contributed by atoms with E-state index in [0.29, 0.717) is 56.5 Å². The lowest BCUT2D eigenvalue weighted by Crippen LogP contribution is -2.34. The van der Waals surface area contributed by atoms with Crippen LogP contribution in [-0.4, -0.2) is 84.3 Å². The van der Waals surface area contributed by atoms with Gasteiger partial charge in [0.05, 0.1) is 6.20 Å². The number of carboxylic acids is 1. The van der Waals surface area contributed by atoms with Gasteiger partial charge in [-0.25, -0.2) is 14.6 Å². The van der Waals surface area contributed by atoms with Gasteiger partial charge in [-0.15, -0.1) is 0 Å². The highest BCUT2D eigenvalue weighted by Crippen LogP contribution is 2.26. The lowest BCUT2D eigenvalue weighted by molar-refractivity contribution is -0.137. The molecule has 49 heavy (non-hydrogen) atoms. The number of hydrogen-bond donors (Lipinski definition) is 3. The second-order valence-electron chi connectivity index (χ2n) is 10.4. The van der Waals surface area contributed by atoms with Crippen LogP contribution in [0.4, 0.5) is 22.2 Å². The highest BCUT2D eigenvalue weighted by Gasteiger charge is 2.24. The Bertz CT molecular complexity index is 1350. The first-order valence-electron chi connectivity index (χ1n) is 17.4. The molecule has 0 bridgehead atoms. The number of carbonyl (C=O) groups is 3. The third-order valence-corrected chi connectivity index (χ3v) is 7.35. The minimum absolute atomic E-state index is 0.146. The fraction of sp³-hybridized carbons (Fsp3) is 0.486. The number of rotatable bonds is 14. The van der Waals surface area contributed by atoms with Gasteiger partial charge in [0.25, 0.3) is 0 Å². The smallest absolute Gasteiger partial charge is 0.415 e. The molecule has 1 aliphatic rings. The summed E-state index contributed by atoms with van der Waals surface area (Å²) >= 11 is 0. The summed E-state index contributed by atoms with van der Waals surface area (Å²) in [6, 6.07) is 16.1. The van der Waals surface area contributed by atoms with Gasteiger partial charge in [0.2, 0.25) is 12.4 Å². The predicted octanol–water partition coefficient (Wildman–Crippen LogP) is 6.47. The van der Waals surface area contributed by atoms with Gasteiger partial charge in [0.1, 0.15) is 17.5 Å². The van der Waals surface area contributed by atoms with E-state index in [1.54, 1.807) is 29.2 Å². The molecule has 12 nitrogen and oxygen atoms in total. The van der Waals surface area contributed by atoms with Crippen LogP contribution in [0.2, 0.25) is 0 Å². The molecule has 3 aromatic rings. The van der Waals surface area contributed by atoms with Crippen LogP contribution in [0.15, 0.2) is 60.8 Å². The standard InChI is InChI=1S/C25H34N6O5.C8H11N.2C2H6/c1-4-29(5-2)24-26-16-21(30(6-3)17-32)22(28-24)27-20(23(33)34)15-18-9-11-19(12-10-18)36-25(35)31-13-7-8-14-31;1-9-7-8-5-3-2-4-6-8;2*1-2/h9-12,16-17,20H,4-8,13-15H2,1-3H3,(H,33,34)(H,26,27,28);2-6,9H,7H2,1H3;2*1-2H3. The molecule has 2 heterocycles. The highest BCUT2D eigenvalue weighted by atomic mass is 16.6. The SMILES string of the molecule is CC.CC.CCN(C=O)c1cnc(N(CC)CC)nc1NC(Cc1ccc(OC(=O)N2CCCC2)cc1)C(=O)O.CNCc1ccccc1. The molecular formula is C37H57N7O5. The van der Waals surface area contributed by atoms with Gasteiger partial charge in [0, 0.05) is 45.7 Å². The lowest BCUT2D eigenvalue weighted by atomic mass is 10.1. The van der Waals surface area contributed by atoms with E-state index >= 15 is 0 Å². The van der Waals surface area contributed by atoms with Crippen LogP contribution in [0.1, 0.15) is 72.4 Å². The van der Waals surface area contributed by atoms with Gasteiger partial charge in [-0.1, -0.05) is 70.2 Å². The maximum atomic E-state index is 12.2. The molecule has 1 unspecified atom stereocenters. The first kappa shape index (κ1) is 42.3. The van der Waals surface area contributed by atoms with Crippen molar-refractivity contribution in [3.63, 3.8) is 0 Å². The molecule has 2 amide bonds. The number of benzene rings is 2. The largest absolute Gasteiger partial charge is 0.480 e. The number of likely N-dealkylation sites (tertiary alicyclic amines) is 1. The Labute approximate surface area is 292 Å². The Morgan fingerprint density at radius 1 is 0.939 bits per heavy atom. The number of carbonyl (C=O) groups excluding carboxylic acids is 2. The van der Waals surface area contributed by atoms with E-state index in [-0.39, 0.29) is 18.3 Å². The number of nitrogens with zero attached hydrogens (tertiary/aromatic N) is 5. The van der Waals surface area contributed by atoms with Gasteiger partial charge in [-0.2, -0.15) is 4.98 Å². The second-order valence-corrected chi connectivity index (χ2v) is 10.4. The molecule has 1 fully saturated rings. The van der Waals surface area contributed by atoms with Crippen LogP contribution in [0.5, 0.6) is 5.75 Å². The minimum atomic E-state index is -1.07. The zero-order valence-corrected chi connectivity index (χ0v) is 30.6. The third kappa shape index (κ3) is 14.1. The average molecular weight is 680 g/mol. The fourth-order valence-corrected chi connectivity index (χ4v) is 4.80. The maximum Gasteiger partial charge on any atom is 0.415 e. The van der Waals surface area contributed by atoms with Crippen molar-refractivity contribution in [2.24, 2.45) is 0 Å². The van der Waals surface area contributed by atoms with Crippen molar-refractivity contribution >= 4 is 35.9 Å². The number of hydrogen-bond acceptors (Lipinski definition) is 9. The number of nitrogens with one attached hydrogen (secondary N) is 2. The monoisotopic (exact) mass is 679 g/mol. The van der Waals surface area contributed by atoms with Crippen molar-refractivity contribution in [2.45, 2.75) is 80.3 Å². The summed E-state index contributed by atoms with van der Waals surface area (Å²) in [4.78, 5) is 49.9. The molecule has 3 N–H and O–H groups in total. The summed E-state index contributed by atoms with van der Waals surface area (Å²) < 4.78 is 5.42. The van der Waals surface area contributed by atoms with E-state index in [1.807, 2.05) is 78.6 Å². The van der Waals surface area contributed by atoms with Crippen LogP contribution in [0.3, 0.4) is 0 Å². The Balaban J connectivity index is 0.000000782. The molecule has 2 aromatic carbocycles. The first-order valence-corrected chi connectivity index (χ1v) is 17.4. The van der Waals surface area contributed by atoms with Crippen LogP contribution in [0.25, 0.3) is 0 Å². The minimum Gasteiger partial charge on any atom is -0.480 e. The molecule has 1 aromatic heterocycles. The molecule has 0 spiro atoms. The van der Waals surface area contributed by atoms with Crippen LogP contribution < -0.4 is 25.2 Å². The van der Waals surface area contributed by atoms with Gasteiger partial charge < -0.3 is 35.2 Å². The van der Waals surface area contributed by atoms with Crippen molar-refractivity contribution in [3.05, 3.63) is 71.9 Å². The number of aromatic nitrogens is 2. The number of amides is 2. The van der Waals surface area contributed by atoms with E-state index in [2.05, 4.69) is 32.7 Å². The Hall–Kier alpha value is -4.71. The first-order chi connectivity index (χ1) is 23.8. The summed E-state index contributed by atoms with van der Waals surface area (Å²) in [6.45, 7) is 17.8. The van der Waals surface area contributed by atoms with Gasteiger partial charge in [0.15, 0.2) is 5.82 Å². The Morgan fingerprint density at radius 3 is 2.06 bits per heavy atom. The van der Waals surface area contributed by atoms with Gasteiger partial charge >= 0.3 is 12.1 Å². The molecular weight excluding hydrogens is 622 g/mol. The normalized spacial score (nSPS) is 12.0. The molecule has 12 heteroatoms. The lowest BCUT2D eigenvalue weighted by Gasteiger charge is -2.25. The average Bonchev–Trinajstić information content (AvgIpc) is 3.69. The molecule has 1 atom stereocenters. The van der Waals surface area contributed by atoms with E-state index in [9.17, 15) is 19.5 Å². The van der Waals surface area contributed by atoms with E-state index in [4.69, 9.17) is 4.74 Å². The van der Waals surface area contributed by atoms with E-state index in [1.165, 1.54) is 16.7 Å². The Kier molecular flexibility index (Phi) is 21.1. The fourth-order valence-electron chi connectivity index (χ4n) is 4.80. The van der Waals surface area contributed by atoms with Crippen molar-refractivity contribution in [1.82, 2.24) is 20.2 Å². The summed E-state index contributed by atoms with van der Waals surface area (Å²) in [7, 11) is 1.95. The Morgan fingerprint density at radius 2 is 1.55 bits per heavy atom. The summed E-state index contributed by atoms with van der Waals surface area (Å²) in [6.07, 6.45) is 3.92. The number of aliphatic carboxylic acids is 1. The third-order valence-electron chi connectivity index (χ3n) is 7.35. The topological polar surface area (TPSA) is 140 Å². The summed E-state index contributed by atoms with van der Waals surface area (Å²) in [5.74, 6) is 0.0515. The quantitative estimate of drug-likeness (QED) is 0.163. The van der Waals surface area contributed by atoms with Crippen molar-refractivity contribution in [3.8, 4) is 5.75 Å².